The van der Waals surface area contributed by atoms with Crippen LogP contribution in [0.25, 0.3) is 0 Å². The number of phenols is 3. The van der Waals surface area contributed by atoms with Crippen molar-refractivity contribution in [3.63, 3.8) is 0 Å². The smallest absolute Gasteiger partial charge is 0.315 e. The van der Waals surface area contributed by atoms with Gasteiger partial charge in [-0.05, 0) is 6.42 Å². The van der Waals surface area contributed by atoms with E-state index in [0.717, 1.165) is 12.4 Å². The summed E-state index contributed by atoms with van der Waals surface area (Å²) < 4.78 is 20.5. The first-order valence-corrected chi connectivity index (χ1v) is 14.6. The number of aromatic hydroxyl groups is 3. The number of hydrogen-bond donors (Lipinski definition) is 18. The van der Waals surface area contributed by atoms with Gasteiger partial charge in [0.2, 0.25) is 11.7 Å². The second-order valence-electron chi connectivity index (χ2n) is 11.8. The van der Waals surface area contributed by atoms with Crippen molar-refractivity contribution in [1.82, 2.24) is 20.4 Å². The van der Waals surface area contributed by atoms with Gasteiger partial charge in [0.25, 0.3) is 23.6 Å². The number of aliphatic hydroxyl groups excluding tert-OH is 3. The fourth-order valence-corrected chi connectivity index (χ4v) is 5.75. The van der Waals surface area contributed by atoms with Crippen molar-refractivity contribution < 1.29 is 115 Å². The van der Waals surface area contributed by atoms with Gasteiger partial charge in [0.1, 0.15) is 42.4 Å². The minimum Gasteiger partial charge on any atom is -0.505 e. The molecule has 29 heteroatoms. The van der Waals surface area contributed by atoms with Gasteiger partial charge in [0.05, 0.1) is 0 Å². The number of nitrogens with one attached hydrogen (secondary N) is 2. The molecule has 0 saturated carbocycles. The summed E-state index contributed by atoms with van der Waals surface area (Å²) in [5.74, 6) is -39.4. The summed E-state index contributed by atoms with van der Waals surface area (Å²) in [6.07, 6.45) is -1.01. The number of morpholine rings is 1. The maximum Gasteiger partial charge on any atom is 0.315 e. The Morgan fingerprint density at radius 1 is 1.00 bits per heavy atom. The molecule has 0 spiro atoms. The highest BCUT2D eigenvalue weighted by atomic mass is 19.1. The van der Waals surface area contributed by atoms with Crippen LogP contribution in [0.2, 0.25) is 0 Å². The molecule has 298 valence electrons. The van der Waals surface area contributed by atoms with Crippen LogP contribution in [0.1, 0.15) is 24.0 Å². The molecule has 3 aliphatic heterocycles. The van der Waals surface area contributed by atoms with Gasteiger partial charge in [-0.3, -0.25) is 19.2 Å². The minimum absolute atomic E-state index is 0.193. The van der Waals surface area contributed by atoms with Crippen molar-refractivity contribution in [1.29, 1.82) is 0 Å². The highest BCUT2D eigenvalue weighted by Gasteiger charge is 2.80. The third kappa shape index (κ3) is 5.98. The Hall–Kier alpha value is -4.85. The van der Waals surface area contributed by atoms with Crippen LogP contribution in [0.5, 0.6) is 17.2 Å². The van der Waals surface area contributed by atoms with E-state index in [-0.39, 0.29) is 11.2 Å². The van der Waals surface area contributed by atoms with Crippen molar-refractivity contribution in [3.05, 3.63) is 52.1 Å². The number of aliphatic hydroxyl groups is 13. The molecular weight excluding hydrogens is 761 g/mol. The van der Waals surface area contributed by atoms with Crippen molar-refractivity contribution in [2.45, 2.75) is 59.8 Å². The Bertz CT molecular complexity index is 1920. The highest BCUT2D eigenvalue weighted by Crippen LogP contribution is 2.58. The van der Waals surface area contributed by atoms with Gasteiger partial charge in [-0.2, -0.15) is 14.7 Å². The molecule has 18 N–H and O–H groups in total. The van der Waals surface area contributed by atoms with Gasteiger partial charge in [0, 0.05) is 13.5 Å². The van der Waals surface area contributed by atoms with E-state index < -0.39 is 139 Å². The van der Waals surface area contributed by atoms with Crippen LogP contribution in [0, 0.1) is 5.82 Å². The van der Waals surface area contributed by atoms with Crippen LogP contribution >= 0.6 is 0 Å². The van der Waals surface area contributed by atoms with E-state index in [0.29, 0.717) is 0 Å². The fraction of sp³-hybridized carbons (Fsp3) is 0.423. The minimum atomic E-state index is -4.62. The molecule has 2 amide bonds. The van der Waals surface area contributed by atoms with Crippen LogP contribution in [0.15, 0.2) is 35.1 Å². The van der Waals surface area contributed by atoms with E-state index in [2.05, 4.69) is 21.1 Å². The number of benzene rings is 1. The summed E-state index contributed by atoms with van der Waals surface area (Å²) >= 11 is 0. The number of nitrogens with zero attached hydrogens (tertiary/aromatic N) is 2. The van der Waals surface area contributed by atoms with E-state index in [1.807, 2.05) is 5.32 Å². The van der Waals surface area contributed by atoms with Gasteiger partial charge < -0.3 is 97.1 Å². The first-order valence-electron chi connectivity index (χ1n) is 14.6. The average molecular weight is 790 g/mol. The molecule has 3 aliphatic rings. The molecule has 26 nitrogen and oxygen atoms in total. The number of likely N-dealkylation sites (N-methyl/N-ethyl adjacent to an activating group) is 1. The summed E-state index contributed by atoms with van der Waals surface area (Å²) in [6, 6.07) is -2.07. The first-order chi connectivity index (χ1) is 24.9. The number of carbonyl (C=O) groups is 3. The quantitative estimate of drug-likeness (QED) is 0.0199. The van der Waals surface area contributed by atoms with Crippen molar-refractivity contribution >= 4 is 33.8 Å². The van der Waals surface area contributed by atoms with Crippen LogP contribution < -0.4 is 10.6 Å². The Kier molecular flexibility index (Phi) is 10.2. The molecule has 4 rings (SSSR count). The monoisotopic (exact) mass is 790 g/mol. The lowest BCUT2D eigenvalue weighted by Gasteiger charge is -2.58. The van der Waals surface area contributed by atoms with E-state index in [1.54, 1.807) is 0 Å². The summed E-state index contributed by atoms with van der Waals surface area (Å²) in [4.78, 5) is 44.5. The van der Waals surface area contributed by atoms with Crippen LogP contribution in [0.3, 0.4) is 0 Å². The summed E-state index contributed by atoms with van der Waals surface area (Å²) in [5.41, 5.74) is -16.4. The van der Waals surface area contributed by atoms with E-state index in [1.165, 1.54) is 0 Å². The van der Waals surface area contributed by atoms with Crippen LogP contribution in [0.4, 0.5) is 4.39 Å². The van der Waals surface area contributed by atoms with Crippen LogP contribution in [-0.2, 0) is 40.7 Å². The molecule has 0 bridgehead atoms. The van der Waals surface area contributed by atoms with Crippen molar-refractivity contribution in [2.75, 3.05) is 7.05 Å². The number of ether oxygens (including phenoxy) is 1. The molecule has 5 atom stereocenters. The Labute approximate surface area is 305 Å². The topological polar surface area (TPSA) is 433 Å². The maximum absolute atomic E-state index is 16.5. The highest BCUT2D eigenvalue weighted by molar-refractivity contribution is 6.16. The number of phenolic OH excluding ortho intramolecular Hbond substituents is 3. The van der Waals surface area contributed by atoms with Crippen LogP contribution in [-0.4, -0.2) is 167 Å². The summed E-state index contributed by atoms with van der Waals surface area (Å²) in [7, 11) is 11.6. The standard InChI is InChI=1S/C26H29B2FN4O22/c1-6(35)13(36)8-9(21(45,46)32(19(8)42)7(4-3-5-34)17(40)30-2)18(41)31-20(43,44)10-12(29)11(15(38)16(39)14(10)37)22(47)33-23(27,48)26(51,52)53-24(28,49)25(33,50)55-54-22/h5,7,31,35-39,41,43-52H,1,3-4H2,2H3,(H,30,40)/b13-8-,18-9?. The number of hydrogen-bond acceptors (Lipinski definition) is 24. The van der Waals surface area contributed by atoms with Crippen molar-refractivity contribution in [2.24, 2.45) is 0 Å². The Balaban J connectivity index is 1.99. The summed E-state index contributed by atoms with van der Waals surface area (Å²) in [6.45, 7) is 2.90. The Morgan fingerprint density at radius 3 is 2.07 bits per heavy atom. The number of likely N-dealkylation sites (tertiary alicyclic amines) is 1. The lowest BCUT2D eigenvalue weighted by Crippen LogP contribution is -2.85. The van der Waals surface area contributed by atoms with E-state index in [4.69, 9.17) is 15.7 Å². The SMILES string of the molecule is [B]C1(O)OC(O)(O)C([B])(O)N2C(O)(c3c(O)c(O)c(O)c(C(O)(O)NC(O)=C4/C(=C(/O)C(=C)O)C(=O)N(C(CCC=O)C(=O)NC)C4(O)O)c3F)OOC21O. The Morgan fingerprint density at radius 2 is 1.56 bits per heavy atom. The molecule has 1 aromatic rings. The molecular formula is C26H29B2FN4O22. The molecule has 0 aromatic heterocycles. The van der Waals surface area contributed by atoms with Gasteiger partial charge in [0.15, 0.2) is 53.9 Å². The molecule has 1 aromatic carbocycles. The predicted molar refractivity (Wildman–Crippen MR) is 161 cm³/mol. The second kappa shape index (κ2) is 13.1. The number of amides is 2. The largest absolute Gasteiger partial charge is 0.505 e. The number of carbonyl (C=O) groups excluding carboxylic acids is 3. The number of aldehydes is 1. The third-order valence-electron chi connectivity index (χ3n) is 8.31. The van der Waals surface area contributed by atoms with Gasteiger partial charge in [-0.1, -0.05) is 6.58 Å². The zero-order valence-corrected chi connectivity index (χ0v) is 27.3. The second-order valence-corrected chi connectivity index (χ2v) is 11.8. The van der Waals surface area contributed by atoms with E-state index >= 15 is 4.39 Å². The van der Waals surface area contributed by atoms with Gasteiger partial charge in [-0.15, -0.1) is 0 Å². The van der Waals surface area contributed by atoms with Gasteiger partial charge in [-0.25, -0.2) is 4.39 Å². The maximum atomic E-state index is 16.5. The molecule has 3 heterocycles. The predicted octanol–water partition coefficient (Wildman–Crippen LogP) is -7.83. The van der Waals surface area contributed by atoms with E-state index in [9.17, 15) is 96.1 Å². The third-order valence-corrected chi connectivity index (χ3v) is 8.31. The van der Waals surface area contributed by atoms with Crippen molar-refractivity contribution in [3.8, 4) is 17.2 Å². The molecule has 4 radical (unpaired) electrons. The molecule has 3 fully saturated rings. The number of halogens is 1. The lowest BCUT2D eigenvalue weighted by atomic mass is 9.77. The zero-order valence-electron chi connectivity index (χ0n) is 27.3. The fourth-order valence-electron chi connectivity index (χ4n) is 5.75. The average Bonchev–Trinajstić information content (AvgIpc) is 3.45. The molecule has 55 heavy (non-hydrogen) atoms. The molecule has 5 unspecified atom stereocenters. The number of rotatable bonds is 10. The van der Waals surface area contributed by atoms with Gasteiger partial charge >= 0.3 is 11.9 Å². The first kappa shape index (κ1) is 42.9. The molecule has 0 aliphatic carbocycles. The summed E-state index contributed by atoms with van der Waals surface area (Å²) in [5, 5.41) is 174. The molecule has 3 saturated heterocycles. The number of fused-ring (bicyclic) bond motifs is 1. The normalized spacial score (nSPS) is 31.4. The lowest BCUT2D eigenvalue weighted by molar-refractivity contribution is -0.564. The zero-order chi connectivity index (χ0) is 42.4.